The molecular formula is C24H20F3N5OS. The van der Waals surface area contributed by atoms with Gasteiger partial charge in [0.15, 0.2) is 10.9 Å². The molecule has 34 heavy (non-hydrogen) atoms. The first-order valence-electron chi connectivity index (χ1n) is 10.3. The number of benzene rings is 3. The van der Waals surface area contributed by atoms with E-state index >= 15 is 0 Å². The second kappa shape index (κ2) is 10.0. The summed E-state index contributed by atoms with van der Waals surface area (Å²) in [6, 6.07) is 21.1. The predicted octanol–water partition coefficient (Wildman–Crippen LogP) is 4.97. The maximum Gasteiger partial charge on any atom is 0.416 e. The van der Waals surface area contributed by atoms with Gasteiger partial charge in [0.05, 0.1) is 23.9 Å². The van der Waals surface area contributed by atoms with E-state index in [4.69, 9.17) is 12.2 Å². The average Bonchev–Trinajstić information content (AvgIpc) is 3.33. The van der Waals surface area contributed by atoms with E-state index in [-0.39, 0.29) is 12.6 Å². The van der Waals surface area contributed by atoms with Crippen LogP contribution in [0.3, 0.4) is 0 Å². The van der Waals surface area contributed by atoms with Crippen LogP contribution >= 0.6 is 12.2 Å². The third-order valence-corrected chi connectivity index (χ3v) is 5.26. The minimum absolute atomic E-state index is 0.113. The Morgan fingerprint density at radius 2 is 1.65 bits per heavy atom. The highest BCUT2D eigenvalue weighted by atomic mass is 32.1. The Kier molecular flexibility index (Phi) is 6.90. The highest BCUT2D eigenvalue weighted by Gasteiger charge is 2.30. The molecule has 0 aliphatic heterocycles. The third-order valence-electron chi connectivity index (χ3n) is 5.04. The summed E-state index contributed by atoms with van der Waals surface area (Å²) in [7, 11) is 0. The molecule has 0 aliphatic carbocycles. The van der Waals surface area contributed by atoms with Crippen molar-refractivity contribution >= 4 is 23.0 Å². The Balaban J connectivity index is 1.40. The van der Waals surface area contributed by atoms with Gasteiger partial charge in [-0.1, -0.05) is 30.3 Å². The normalized spacial score (nSPS) is 12.2. The van der Waals surface area contributed by atoms with E-state index in [1.165, 1.54) is 23.1 Å². The van der Waals surface area contributed by atoms with Crippen LogP contribution in [0, 0.1) is 0 Å². The number of hydrogen-bond acceptors (Lipinski definition) is 4. The molecule has 0 amide bonds. The molecule has 3 N–H and O–H groups in total. The molecule has 0 spiro atoms. The maximum atomic E-state index is 12.8. The maximum absolute atomic E-state index is 12.8. The quantitative estimate of drug-likeness (QED) is 0.336. The molecule has 1 atom stereocenters. The predicted molar refractivity (Wildman–Crippen MR) is 127 cm³/mol. The fourth-order valence-electron chi connectivity index (χ4n) is 3.27. The van der Waals surface area contributed by atoms with Crippen molar-refractivity contribution in [3.05, 3.63) is 96.3 Å². The number of aliphatic hydroxyl groups is 1. The molecule has 0 radical (unpaired) electrons. The molecule has 0 fully saturated rings. The van der Waals surface area contributed by atoms with Crippen molar-refractivity contribution in [1.82, 2.24) is 20.1 Å². The lowest BCUT2D eigenvalue weighted by atomic mass is 10.1. The Morgan fingerprint density at radius 3 is 2.26 bits per heavy atom. The van der Waals surface area contributed by atoms with E-state index in [2.05, 4.69) is 20.7 Å². The second-order valence-corrected chi connectivity index (χ2v) is 7.79. The van der Waals surface area contributed by atoms with Gasteiger partial charge in [0, 0.05) is 11.3 Å². The molecule has 4 aromatic rings. The van der Waals surface area contributed by atoms with Crippen LogP contribution in [0.25, 0.3) is 17.1 Å². The molecule has 6 nitrogen and oxygen atoms in total. The molecule has 0 saturated heterocycles. The minimum atomic E-state index is -4.39. The van der Waals surface area contributed by atoms with Crippen molar-refractivity contribution in [3.8, 4) is 17.1 Å². The van der Waals surface area contributed by atoms with Gasteiger partial charge in [-0.3, -0.25) is 0 Å². The summed E-state index contributed by atoms with van der Waals surface area (Å²) in [6.45, 7) is -0.113. The summed E-state index contributed by atoms with van der Waals surface area (Å²) in [5.74, 6) is 0.427. The highest BCUT2D eigenvalue weighted by Crippen LogP contribution is 2.29. The zero-order valence-corrected chi connectivity index (χ0v) is 18.5. The van der Waals surface area contributed by atoms with E-state index < -0.39 is 11.7 Å². The number of rotatable bonds is 6. The lowest BCUT2D eigenvalue weighted by molar-refractivity contribution is -0.137. The van der Waals surface area contributed by atoms with Crippen LogP contribution in [0.5, 0.6) is 0 Å². The van der Waals surface area contributed by atoms with Gasteiger partial charge in [-0.15, -0.1) is 5.10 Å². The minimum Gasteiger partial charge on any atom is -0.394 e. The number of nitrogens with zero attached hydrogens (tertiary/aromatic N) is 3. The summed E-state index contributed by atoms with van der Waals surface area (Å²) in [5, 5.41) is 20.6. The summed E-state index contributed by atoms with van der Waals surface area (Å²) in [6.07, 6.45) is -2.94. The number of aliphatic hydroxyl groups excluding tert-OH is 1. The van der Waals surface area contributed by atoms with Crippen LogP contribution in [0.2, 0.25) is 0 Å². The Labute approximate surface area is 199 Å². The Bertz CT molecular complexity index is 1240. The van der Waals surface area contributed by atoms with Crippen molar-refractivity contribution in [2.45, 2.75) is 12.2 Å². The first-order valence-corrected chi connectivity index (χ1v) is 10.7. The first kappa shape index (κ1) is 23.4. The lowest BCUT2D eigenvalue weighted by Gasteiger charge is -2.19. The third kappa shape index (κ3) is 5.59. The summed E-state index contributed by atoms with van der Waals surface area (Å²) >= 11 is 5.36. The van der Waals surface area contributed by atoms with Gasteiger partial charge in [-0.2, -0.15) is 13.2 Å². The van der Waals surface area contributed by atoms with Gasteiger partial charge in [0.2, 0.25) is 0 Å². The Hall–Kier alpha value is -3.76. The zero-order chi connectivity index (χ0) is 24.1. The number of nitrogens with one attached hydrogen (secondary N) is 2. The van der Waals surface area contributed by atoms with Crippen molar-refractivity contribution in [3.63, 3.8) is 0 Å². The molecule has 0 aliphatic rings. The van der Waals surface area contributed by atoms with Crippen molar-refractivity contribution < 1.29 is 18.3 Å². The van der Waals surface area contributed by atoms with Gasteiger partial charge in [-0.05, 0) is 66.3 Å². The van der Waals surface area contributed by atoms with E-state index in [1.54, 1.807) is 24.3 Å². The SMILES string of the molecule is OCC(NC(=S)Nc1ccc(-c2ncn(-c3ccc(C(F)(F)F)cc3)n2)cc1)c1ccccc1. The standard InChI is InChI=1S/C24H20F3N5OS/c25-24(26,27)18-8-12-20(13-9-18)32-15-28-22(31-32)17-6-10-19(11-7-17)29-23(34)30-21(14-33)16-4-2-1-3-5-16/h1-13,15,21,33H,14H2,(H2,29,30,34). The topological polar surface area (TPSA) is 75.0 Å². The van der Waals surface area contributed by atoms with Crippen LogP contribution in [-0.2, 0) is 6.18 Å². The second-order valence-electron chi connectivity index (χ2n) is 7.38. The fourth-order valence-corrected chi connectivity index (χ4v) is 3.53. The Morgan fingerprint density at radius 1 is 0.971 bits per heavy atom. The van der Waals surface area contributed by atoms with Crippen molar-refractivity contribution in [2.24, 2.45) is 0 Å². The van der Waals surface area contributed by atoms with E-state index in [0.29, 0.717) is 16.6 Å². The largest absolute Gasteiger partial charge is 0.416 e. The van der Waals surface area contributed by atoms with Crippen LogP contribution in [0.4, 0.5) is 18.9 Å². The van der Waals surface area contributed by atoms with Gasteiger partial charge >= 0.3 is 6.18 Å². The first-order chi connectivity index (χ1) is 16.3. The summed E-state index contributed by atoms with van der Waals surface area (Å²) in [4.78, 5) is 4.25. The smallest absolute Gasteiger partial charge is 0.394 e. The van der Waals surface area contributed by atoms with Crippen LogP contribution in [0.15, 0.2) is 85.2 Å². The molecule has 1 unspecified atom stereocenters. The lowest BCUT2D eigenvalue weighted by Crippen LogP contribution is -2.34. The van der Waals surface area contributed by atoms with Gasteiger partial charge < -0.3 is 15.7 Å². The van der Waals surface area contributed by atoms with Crippen LogP contribution < -0.4 is 10.6 Å². The summed E-state index contributed by atoms with van der Waals surface area (Å²) in [5.41, 5.74) is 2.12. The molecule has 1 heterocycles. The number of thiocarbonyl (C=S) groups is 1. The van der Waals surface area contributed by atoms with Crippen molar-refractivity contribution in [1.29, 1.82) is 0 Å². The fraction of sp³-hybridized carbons (Fsp3) is 0.125. The van der Waals surface area contributed by atoms with Gasteiger partial charge in [-0.25, -0.2) is 9.67 Å². The number of aromatic nitrogens is 3. The molecule has 1 aromatic heterocycles. The number of halogens is 3. The average molecular weight is 484 g/mol. The number of anilines is 1. The summed E-state index contributed by atoms with van der Waals surface area (Å²) < 4.78 is 39.7. The molecule has 174 valence electrons. The monoisotopic (exact) mass is 483 g/mol. The molecule has 10 heteroatoms. The molecule has 4 rings (SSSR count). The molecular weight excluding hydrogens is 463 g/mol. The molecule has 0 saturated carbocycles. The molecule has 0 bridgehead atoms. The van der Waals surface area contributed by atoms with E-state index in [9.17, 15) is 18.3 Å². The van der Waals surface area contributed by atoms with E-state index in [0.717, 1.165) is 28.9 Å². The van der Waals surface area contributed by atoms with Crippen molar-refractivity contribution in [2.75, 3.05) is 11.9 Å². The zero-order valence-electron chi connectivity index (χ0n) is 17.7. The highest BCUT2D eigenvalue weighted by molar-refractivity contribution is 7.80. The van der Waals surface area contributed by atoms with Gasteiger partial charge in [0.1, 0.15) is 6.33 Å². The van der Waals surface area contributed by atoms with Crippen LogP contribution in [0.1, 0.15) is 17.2 Å². The number of hydrogen-bond donors (Lipinski definition) is 3. The van der Waals surface area contributed by atoms with Crippen LogP contribution in [-0.4, -0.2) is 31.6 Å². The number of alkyl halides is 3. The van der Waals surface area contributed by atoms with Gasteiger partial charge in [0.25, 0.3) is 0 Å². The van der Waals surface area contributed by atoms with E-state index in [1.807, 2.05) is 30.3 Å². The molecule has 3 aromatic carbocycles.